The Balaban J connectivity index is 2.46. The first-order chi connectivity index (χ1) is 9.04. The van der Waals surface area contributed by atoms with Crippen LogP contribution in [0.5, 0.6) is 0 Å². The monoisotopic (exact) mass is 270 g/mol. The van der Waals surface area contributed by atoms with E-state index in [2.05, 4.69) is 10.6 Å². The first-order valence-electron chi connectivity index (χ1n) is 6.41. The second-order valence-electron chi connectivity index (χ2n) is 4.58. The highest BCUT2D eigenvalue weighted by Crippen LogP contribution is 2.14. The normalized spacial score (nSPS) is 12.2. The summed E-state index contributed by atoms with van der Waals surface area (Å²) in [6.07, 6.45) is 1.30. The molecule has 0 fully saturated rings. The Morgan fingerprint density at radius 3 is 2.53 bits per heavy atom. The summed E-state index contributed by atoms with van der Waals surface area (Å²) >= 11 is 0. The molecule has 0 saturated carbocycles. The van der Waals surface area contributed by atoms with Gasteiger partial charge in [-0.05, 0) is 45.5 Å². The van der Waals surface area contributed by atoms with Crippen molar-refractivity contribution in [2.45, 2.75) is 32.2 Å². The van der Waals surface area contributed by atoms with Crippen molar-refractivity contribution < 1.29 is 13.6 Å². The van der Waals surface area contributed by atoms with E-state index in [-0.39, 0.29) is 23.9 Å². The maximum absolute atomic E-state index is 13.4. The van der Waals surface area contributed by atoms with Crippen LogP contribution >= 0.6 is 0 Å². The van der Waals surface area contributed by atoms with Crippen molar-refractivity contribution in [3.05, 3.63) is 35.4 Å². The van der Waals surface area contributed by atoms with E-state index < -0.39 is 11.6 Å². The molecule has 1 amide bonds. The molecule has 5 heteroatoms. The summed E-state index contributed by atoms with van der Waals surface area (Å²) in [5, 5.41) is 5.69. The molecule has 1 unspecified atom stereocenters. The van der Waals surface area contributed by atoms with E-state index in [9.17, 15) is 13.6 Å². The lowest BCUT2D eigenvalue weighted by Gasteiger charge is -2.15. The summed E-state index contributed by atoms with van der Waals surface area (Å²) in [6, 6.07) is 3.48. The zero-order chi connectivity index (χ0) is 14.3. The minimum atomic E-state index is -0.573. The number of benzene rings is 1. The van der Waals surface area contributed by atoms with Gasteiger partial charge in [-0.1, -0.05) is 6.07 Å². The SMILES string of the molecule is CNCCCC(=O)NC(C)Cc1c(F)cccc1F. The van der Waals surface area contributed by atoms with E-state index in [1.54, 1.807) is 6.92 Å². The molecule has 0 aliphatic heterocycles. The number of nitrogens with one attached hydrogen (secondary N) is 2. The average Bonchev–Trinajstić information content (AvgIpc) is 2.34. The van der Waals surface area contributed by atoms with Crippen LogP contribution in [0.3, 0.4) is 0 Å². The second-order valence-corrected chi connectivity index (χ2v) is 4.58. The Bertz CT molecular complexity index is 404. The van der Waals surface area contributed by atoms with Crippen LogP contribution in [-0.2, 0) is 11.2 Å². The number of halogens is 2. The quantitative estimate of drug-likeness (QED) is 0.744. The molecule has 1 atom stereocenters. The minimum Gasteiger partial charge on any atom is -0.353 e. The Morgan fingerprint density at radius 2 is 1.95 bits per heavy atom. The van der Waals surface area contributed by atoms with Crippen LogP contribution in [0.4, 0.5) is 8.78 Å². The van der Waals surface area contributed by atoms with Gasteiger partial charge in [0.1, 0.15) is 11.6 Å². The molecule has 106 valence electrons. The molecular formula is C14H20F2N2O. The number of carbonyl (C=O) groups excluding carboxylic acids is 1. The van der Waals surface area contributed by atoms with Gasteiger partial charge < -0.3 is 10.6 Å². The van der Waals surface area contributed by atoms with Gasteiger partial charge in [-0.3, -0.25) is 4.79 Å². The Hall–Kier alpha value is -1.49. The molecule has 0 aliphatic rings. The molecule has 0 spiro atoms. The van der Waals surface area contributed by atoms with Gasteiger partial charge in [-0.2, -0.15) is 0 Å². The van der Waals surface area contributed by atoms with Crippen molar-refractivity contribution >= 4 is 5.91 Å². The zero-order valence-corrected chi connectivity index (χ0v) is 11.3. The lowest BCUT2D eigenvalue weighted by molar-refractivity contribution is -0.121. The molecule has 19 heavy (non-hydrogen) atoms. The molecule has 1 aromatic rings. The van der Waals surface area contributed by atoms with E-state index in [1.165, 1.54) is 18.2 Å². The summed E-state index contributed by atoms with van der Waals surface area (Å²) in [4.78, 5) is 11.6. The predicted octanol–water partition coefficient (Wildman–Crippen LogP) is 2.01. The fraction of sp³-hybridized carbons (Fsp3) is 0.500. The number of amides is 1. The summed E-state index contributed by atoms with van der Waals surface area (Å²) in [6.45, 7) is 2.51. The topological polar surface area (TPSA) is 41.1 Å². The van der Waals surface area contributed by atoms with E-state index in [0.717, 1.165) is 13.0 Å². The van der Waals surface area contributed by atoms with Crippen molar-refractivity contribution in [2.24, 2.45) is 0 Å². The zero-order valence-electron chi connectivity index (χ0n) is 11.3. The molecule has 0 aliphatic carbocycles. The summed E-state index contributed by atoms with van der Waals surface area (Å²) in [5.74, 6) is -1.24. The minimum absolute atomic E-state index is 0.0190. The molecule has 0 saturated heterocycles. The third-order valence-corrected chi connectivity index (χ3v) is 2.81. The van der Waals surface area contributed by atoms with Gasteiger partial charge in [-0.15, -0.1) is 0 Å². The Labute approximate surface area is 112 Å². The van der Waals surface area contributed by atoms with Crippen molar-refractivity contribution in [1.29, 1.82) is 0 Å². The van der Waals surface area contributed by atoms with Gasteiger partial charge in [0.2, 0.25) is 5.91 Å². The van der Waals surface area contributed by atoms with Crippen molar-refractivity contribution in [3.8, 4) is 0 Å². The largest absolute Gasteiger partial charge is 0.353 e. The summed E-state index contributed by atoms with van der Waals surface area (Å²) < 4.78 is 26.9. The maximum atomic E-state index is 13.4. The lowest BCUT2D eigenvalue weighted by Crippen LogP contribution is -2.34. The summed E-state index contributed by atoms with van der Waals surface area (Å²) in [7, 11) is 1.82. The molecule has 2 N–H and O–H groups in total. The first kappa shape index (κ1) is 15.6. The summed E-state index contributed by atoms with van der Waals surface area (Å²) in [5.41, 5.74) is 0.0190. The maximum Gasteiger partial charge on any atom is 0.220 e. The van der Waals surface area contributed by atoms with Crippen molar-refractivity contribution in [3.63, 3.8) is 0 Å². The number of carbonyl (C=O) groups is 1. The highest BCUT2D eigenvalue weighted by atomic mass is 19.1. The molecule has 0 aromatic heterocycles. The Kier molecular flexibility index (Phi) is 6.42. The molecule has 0 radical (unpaired) electrons. The fourth-order valence-corrected chi connectivity index (χ4v) is 1.86. The number of rotatable bonds is 7. The molecule has 1 aromatic carbocycles. The average molecular weight is 270 g/mol. The third kappa shape index (κ3) is 5.34. The molecule has 1 rings (SSSR count). The van der Waals surface area contributed by atoms with Crippen LogP contribution in [0.15, 0.2) is 18.2 Å². The third-order valence-electron chi connectivity index (χ3n) is 2.81. The molecule has 3 nitrogen and oxygen atoms in total. The van der Waals surface area contributed by atoms with Crippen LogP contribution in [0, 0.1) is 11.6 Å². The van der Waals surface area contributed by atoms with E-state index in [1.807, 2.05) is 7.05 Å². The molecule has 0 heterocycles. The van der Waals surface area contributed by atoms with Crippen LogP contribution < -0.4 is 10.6 Å². The number of hydrogen-bond donors (Lipinski definition) is 2. The Morgan fingerprint density at radius 1 is 1.32 bits per heavy atom. The smallest absolute Gasteiger partial charge is 0.220 e. The van der Waals surface area contributed by atoms with Gasteiger partial charge in [-0.25, -0.2) is 8.78 Å². The van der Waals surface area contributed by atoms with E-state index in [0.29, 0.717) is 6.42 Å². The van der Waals surface area contributed by atoms with E-state index >= 15 is 0 Å². The van der Waals surface area contributed by atoms with Gasteiger partial charge in [0.15, 0.2) is 0 Å². The molecule has 0 bridgehead atoms. The fourth-order valence-electron chi connectivity index (χ4n) is 1.86. The number of hydrogen-bond acceptors (Lipinski definition) is 2. The standard InChI is InChI=1S/C14H20F2N2O/c1-10(18-14(19)7-4-8-17-2)9-11-12(15)5-3-6-13(11)16/h3,5-6,10,17H,4,7-9H2,1-2H3,(H,18,19). The van der Waals surface area contributed by atoms with Crippen LogP contribution in [-0.4, -0.2) is 25.5 Å². The van der Waals surface area contributed by atoms with Gasteiger partial charge in [0.25, 0.3) is 0 Å². The highest BCUT2D eigenvalue weighted by Gasteiger charge is 2.14. The molecular weight excluding hydrogens is 250 g/mol. The highest BCUT2D eigenvalue weighted by molar-refractivity contribution is 5.76. The van der Waals surface area contributed by atoms with Crippen LogP contribution in [0.25, 0.3) is 0 Å². The van der Waals surface area contributed by atoms with Gasteiger partial charge >= 0.3 is 0 Å². The second kappa shape index (κ2) is 7.84. The van der Waals surface area contributed by atoms with Crippen LogP contribution in [0.2, 0.25) is 0 Å². The first-order valence-corrected chi connectivity index (χ1v) is 6.41. The van der Waals surface area contributed by atoms with Crippen LogP contribution in [0.1, 0.15) is 25.3 Å². The van der Waals surface area contributed by atoms with Gasteiger partial charge in [0.05, 0.1) is 0 Å². The van der Waals surface area contributed by atoms with E-state index in [4.69, 9.17) is 0 Å². The lowest BCUT2D eigenvalue weighted by atomic mass is 10.1. The predicted molar refractivity (Wildman–Crippen MR) is 70.8 cm³/mol. The van der Waals surface area contributed by atoms with Crippen molar-refractivity contribution in [1.82, 2.24) is 10.6 Å². The van der Waals surface area contributed by atoms with Crippen molar-refractivity contribution in [2.75, 3.05) is 13.6 Å². The van der Waals surface area contributed by atoms with Gasteiger partial charge in [0, 0.05) is 18.0 Å².